The first-order valence-corrected chi connectivity index (χ1v) is 8.00. The van der Waals surface area contributed by atoms with E-state index in [4.69, 9.17) is 4.98 Å². The Labute approximate surface area is 122 Å². The topological polar surface area (TPSA) is 45.8 Å². The van der Waals surface area contributed by atoms with E-state index in [0.717, 1.165) is 41.8 Å². The first-order chi connectivity index (χ1) is 9.40. The van der Waals surface area contributed by atoms with Gasteiger partial charge in [-0.2, -0.15) is 0 Å². The summed E-state index contributed by atoms with van der Waals surface area (Å²) in [5.74, 6) is 3.20. The predicted octanol–water partition coefficient (Wildman–Crippen LogP) is 4.13. The van der Waals surface area contributed by atoms with Crippen LogP contribution in [-0.4, -0.2) is 9.97 Å². The lowest BCUT2D eigenvalue weighted by Gasteiger charge is -2.30. The maximum absolute atomic E-state index is 12.2. The number of hydrogen-bond donors (Lipinski definition) is 1. The first kappa shape index (κ1) is 15.3. The minimum Gasteiger partial charge on any atom is -0.310 e. The van der Waals surface area contributed by atoms with Crippen molar-refractivity contribution in [3.05, 3.63) is 27.4 Å². The molecule has 1 aliphatic carbocycles. The standard InChI is InChI=1S/C17H28N2O/c1-10(2)13-6-8-14(9-7-13)16-18-12(5)15(11(3)4)17(20)19-16/h10-11,13-14H,6-9H2,1-5H3,(H,18,19,20). The van der Waals surface area contributed by atoms with Crippen LogP contribution >= 0.6 is 0 Å². The highest BCUT2D eigenvalue weighted by Gasteiger charge is 2.26. The van der Waals surface area contributed by atoms with Crippen molar-refractivity contribution in [1.29, 1.82) is 0 Å². The summed E-state index contributed by atoms with van der Waals surface area (Å²) in [6, 6.07) is 0. The van der Waals surface area contributed by atoms with Crippen LogP contribution in [0.4, 0.5) is 0 Å². The largest absolute Gasteiger partial charge is 0.310 e. The van der Waals surface area contributed by atoms with Gasteiger partial charge in [-0.15, -0.1) is 0 Å². The van der Waals surface area contributed by atoms with Gasteiger partial charge < -0.3 is 4.98 Å². The lowest BCUT2D eigenvalue weighted by molar-refractivity contribution is 0.254. The van der Waals surface area contributed by atoms with E-state index < -0.39 is 0 Å². The Morgan fingerprint density at radius 3 is 2.15 bits per heavy atom. The maximum Gasteiger partial charge on any atom is 0.254 e. The average molecular weight is 276 g/mol. The van der Waals surface area contributed by atoms with Crippen LogP contribution in [0, 0.1) is 18.8 Å². The fourth-order valence-electron chi connectivity index (χ4n) is 3.55. The molecule has 20 heavy (non-hydrogen) atoms. The van der Waals surface area contributed by atoms with Crippen molar-refractivity contribution >= 4 is 0 Å². The third kappa shape index (κ3) is 3.13. The van der Waals surface area contributed by atoms with Gasteiger partial charge in [0.2, 0.25) is 0 Å². The minimum atomic E-state index is 0.0634. The SMILES string of the molecule is Cc1nc(C2CCC(C(C)C)CC2)[nH]c(=O)c1C(C)C. The third-order valence-corrected chi connectivity index (χ3v) is 4.84. The van der Waals surface area contributed by atoms with Crippen LogP contribution in [0.3, 0.4) is 0 Å². The fraction of sp³-hybridized carbons (Fsp3) is 0.765. The highest BCUT2D eigenvalue weighted by molar-refractivity contribution is 5.21. The molecule has 3 nitrogen and oxygen atoms in total. The molecule has 1 aromatic heterocycles. The summed E-state index contributed by atoms with van der Waals surface area (Å²) in [7, 11) is 0. The molecule has 1 aromatic rings. The van der Waals surface area contributed by atoms with Gasteiger partial charge in [0, 0.05) is 17.2 Å². The molecule has 0 radical (unpaired) electrons. The normalized spacial score (nSPS) is 23.6. The van der Waals surface area contributed by atoms with Crippen LogP contribution in [0.1, 0.15) is 82.3 Å². The minimum absolute atomic E-state index is 0.0634. The van der Waals surface area contributed by atoms with Crippen LogP contribution in [0.2, 0.25) is 0 Å². The van der Waals surface area contributed by atoms with Crippen molar-refractivity contribution in [1.82, 2.24) is 9.97 Å². The summed E-state index contributed by atoms with van der Waals surface area (Å²) < 4.78 is 0. The number of nitrogens with zero attached hydrogens (tertiary/aromatic N) is 1. The molecule has 0 aliphatic heterocycles. The van der Waals surface area contributed by atoms with Gasteiger partial charge >= 0.3 is 0 Å². The molecule has 1 fully saturated rings. The highest BCUT2D eigenvalue weighted by Crippen LogP contribution is 2.37. The molecular formula is C17H28N2O. The van der Waals surface area contributed by atoms with Crippen molar-refractivity contribution in [3.8, 4) is 0 Å². The van der Waals surface area contributed by atoms with Crippen LogP contribution < -0.4 is 5.56 Å². The Morgan fingerprint density at radius 2 is 1.70 bits per heavy atom. The quantitative estimate of drug-likeness (QED) is 0.902. The van der Waals surface area contributed by atoms with E-state index in [0.29, 0.717) is 5.92 Å². The molecule has 112 valence electrons. The molecule has 0 aromatic carbocycles. The van der Waals surface area contributed by atoms with E-state index in [1.54, 1.807) is 0 Å². The van der Waals surface area contributed by atoms with E-state index in [2.05, 4.69) is 18.8 Å². The summed E-state index contributed by atoms with van der Waals surface area (Å²) in [6.07, 6.45) is 4.84. The molecule has 1 heterocycles. The zero-order valence-corrected chi connectivity index (χ0v) is 13.5. The first-order valence-electron chi connectivity index (χ1n) is 8.00. The van der Waals surface area contributed by atoms with Crippen molar-refractivity contribution in [3.63, 3.8) is 0 Å². The molecule has 0 atom stereocenters. The van der Waals surface area contributed by atoms with Crippen molar-refractivity contribution in [2.75, 3.05) is 0 Å². The van der Waals surface area contributed by atoms with Crippen LogP contribution in [-0.2, 0) is 0 Å². The van der Waals surface area contributed by atoms with Crippen LogP contribution in [0.15, 0.2) is 4.79 Å². The molecule has 0 spiro atoms. The molecule has 3 heteroatoms. The Bertz CT molecular complexity index is 508. The van der Waals surface area contributed by atoms with E-state index in [9.17, 15) is 4.79 Å². The van der Waals surface area contributed by atoms with Gasteiger partial charge in [0.15, 0.2) is 0 Å². The Balaban J connectivity index is 2.17. The summed E-state index contributed by atoms with van der Waals surface area (Å²) in [5, 5.41) is 0. The third-order valence-electron chi connectivity index (χ3n) is 4.84. The van der Waals surface area contributed by atoms with Gasteiger partial charge in [0.1, 0.15) is 5.82 Å². The second-order valence-electron chi connectivity index (χ2n) is 6.96. The molecule has 1 saturated carbocycles. The van der Waals surface area contributed by atoms with Gasteiger partial charge in [0.25, 0.3) is 5.56 Å². The average Bonchev–Trinajstić information content (AvgIpc) is 2.37. The van der Waals surface area contributed by atoms with Gasteiger partial charge in [0.05, 0.1) is 0 Å². The van der Waals surface area contributed by atoms with Gasteiger partial charge in [-0.05, 0) is 50.4 Å². The number of H-pyrrole nitrogens is 1. The van der Waals surface area contributed by atoms with Crippen LogP contribution in [0.5, 0.6) is 0 Å². The predicted molar refractivity (Wildman–Crippen MR) is 83.2 cm³/mol. The molecule has 0 saturated heterocycles. The Morgan fingerprint density at radius 1 is 1.10 bits per heavy atom. The molecular weight excluding hydrogens is 248 g/mol. The van der Waals surface area contributed by atoms with Crippen molar-refractivity contribution in [2.24, 2.45) is 11.8 Å². The molecule has 0 bridgehead atoms. The van der Waals surface area contributed by atoms with E-state index in [-0.39, 0.29) is 11.5 Å². The number of aromatic amines is 1. The van der Waals surface area contributed by atoms with Crippen molar-refractivity contribution < 1.29 is 0 Å². The number of nitrogens with one attached hydrogen (secondary N) is 1. The number of rotatable bonds is 3. The second-order valence-corrected chi connectivity index (χ2v) is 6.96. The number of aromatic nitrogens is 2. The lowest BCUT2D eigenvalue weighted by Crippen LogP contribution is -2.24. The van der Waals surface area contributed by atoms with E-state index in [1.807, 2.05) is 20.8 Å². The molecule has 0 amide bonds. The molecule has 2 rings (SSSR count). The van der Waals surface area contributed by atoms with E-state index >= 15 is 0 Å². The number of aryl methyl sites for hydroxylation is 1. The summed E-state index contributed by atoms with van der Waals surface area (Å²) >= 11 is 0. The lowest BCUT2D eigenvalue weighted by atomic mass is 9.76. The molecule has 1 aliphatic rings. The number of hydrogen-bond acceptors (Lipinski definition) is 2. The smallest absolute Gasteiger partial charge is 0.254 e. The summed E-state index contributed by atoms with van der Waals surface area (Å²) in [6.45, 7) is 10.7. The zero-order chi connectivity index (χ0) is 14.9. The van der Waals surface area contributed by atoms with Crippen molar-refractivity contribution in [2.45, 2.75) is 72.1 Å². The Hall–Kier alpha value is -1.12. The molecule has 0 unspecified atom stereocenters. The molecule has 1 N–H and O–H groups in total. The highest BCUT2D eigenvalue weighted by atomic mass is 16.1. The van der Waals surface area contributed by atoms with Gasteiger partial charge in [-0.1, -0.05) is 27.7 Å². The van der Waals surface area contributed by atoms with E-state index in [1.165, 1.54) is 12.8 Å². The van der Waals surface area contributed by atoms with Gasteiger partial charge in [-0.25, -0.2) is 4.98 Å². The second kappa shape index (κ2) is 6.11. The Kier molecular flexibility index (Phi) is 4.66. The zero-order valence-electron chi connectivity index (χ0n) is 13.5. The van der Waals surface area contributed by atoms with Crippen LogP contribution in [0.25, 0.3) is 0 Å². The summed E-state index contributed by atoms with van der Waals surface area (Å²) in [5.41, 5.74) is 1.81. The van der Waals surface area contributed by atoms with Gasteiger partial charge in [-0.3, -0.25) is 4.79 Å². The summed E-state index contributed by atoms with van der Waals surface area (Å²) in [4.78, 5) is 20.0. The fourth-order valence-corrected chi connectivity index (χ4v) is 3.55. The maximum atomic E-state index is 12.2. The monoisotopic (exact) mass is 276 g/mol.